The van der Waals surface area contributed by atoms with Crippen molar-refractivity contribution in [3.63, 3.8) is 0 Å². The molecule has 0 radical (unpaired) electrons. The van der Waals surface area contributed by atoms with Gasteiger partial charge in [-0.3, -0.25) is 24.0 Å². The van der Waals surface area contributed by atoms with E-state index in [1.54, 1.807) is 28.2 Å². The lowest BCUT2D eigenvalue weighted by atomic mass is 9.79. The van der Waals surface area contributed by atoms with Crippen LogP contribution in [0.25, 0.3) is 21.6 Å². The van der Waals surface area contributed by atoms with Crippen molar-refractivity contribution < 1.29 is 9.90 Å². The first-order valence-corrected chi connectivity index (χ1v) is 17.3. The van der Waals surface area contributed by atoms with Crippen LogP contribution >= 0.6 is 11.3 Å². The molecule has 6 heterocycles. The molecule has 0 bridgehead atoms. The highest BCUT2D eigenvalue weighted by molar-refractivity contribution is 7.15. The van der Waals surface area contributed by atoms with Crippen molar-refractivity contribution in [1.29, 1.82) is 0 Å². The van der Waals surface area contributed by atoms with Crippen LogP contribution in [0.1, 0.15) is 41.3 Å². The van der Waals surface area contributed by atoms with Gasteiger partial charge in [0.15, 0.2) is 0 Å². The molecule has 7 rings (SSSR count). The number of hydrogen-bond donors (Lipinski definition) is 1. The molecule has 0 spiro atoms. The smallest absolute Gasteiger partial charge is 0.262 e. The van der Waals surface area contributed by atoms with E-state index in [0.717, 1.165) is 42.3 Å². The van der Waals surface area contributed by atoms with E-state index in [4.69, 9.17) is 6.42 Å². The van der Waals surface area contributed by atoms with E-state index in [9.17, 15) is 14.7 Å². The molecule has 1 aromatic carbocycles. The number of rotatable bonds is 8. The fourth-order valence-electron chi connectivity index (χ4n) is 7.12. The first kappa shape index (κ1) is 31.9. The Labute approximate surface area is 283 Å². The molecule has 0 unspecified atom stereocenters. The molecule has 0 saturated carbocycles. The van der Waals surface area contributed by atoms with Gasteiger partial charge in [0.25, 0.3) is 5.56 Å². The Morgan fingerprint density at radius 1 is 1.04 bits per heavy atom. The van der Waals surface area contributed by atoms with Crippen LogP contribution in [0.4, 0.5) is 0 Å². The molecule has 246 valence electrons. The average Bonchev–Trinajstić information content (AvgIpc) is 3.74. The van der Waals surface area contributed by atoms with Gasteiger partial charge in [-0.25, -0.2) is 9.97 Å². The van der Waals surface area contributed by atoms with Gasteiger partial charge in [-0.1, -0.05) is 36.3 Å². The Morgan fingerprint density at radius 2 is 1.85 bits per heavy atom. The predicted molar refractivity (Wildman–Crippen MR) is 186 cm³/mol. The van der Waals surface area contributed by atoms with Crippen LogP contribution in [0, 0.1) is 25.2 Å². The third-order valence-electron chi connectivity index (χ3n) is 9.81. The normalized spacial score (nSPS) is 19.7. The van der Waals surface area contributed by atoms with Crippen molar-refractivity contribution in [3.8, 4) is 22.9 Å². The Bertz CT molecular complexity index is 2000. The first-order valence-electron chi connectivity index (χ1n) is 16.4. The largest absolute Gasteiger partial charge is 0.388 e. The Balaban J connectivity index is 1.01. The van der Waals surface area contributed by atoms with Gasteiger partial charge in [0.1, 0.15) is 17.0 Å². The summed E-state index contributed by atoms with van der Waals surface area (Å²) >= 11 is 1.69. The number of amides is 1. The number of terminal acetylenes is 1. The highest BCUT2D eigenvalue weighted by Crippen LogP contribution is 2.37. The average molecular weight is 662 g/mol. The van der Waals surface area contributed by atoms with Crippen LogP contribution in [-0.2, 0) is 24.4 Å². The lowest BCUT2D eigenvalue weighted by Crippen LogP contribution is -2.53. The van der Waals surface area contributed by atoms with Gasteiger partial charge in [-0.2, -0.15) is 0 Å². The first-order chi connectivity index (χ1) is 23.3. The van der Waals surface area contributed by atoms with Gasteiger partial charge in [0.2, 0.25) is 5.91 Å². The van der Waals surface area contributed by atoms with E-state index < -0.39 is 5.60 Å². The maximum Gasteiger partial charge on any atom is 0.262 e. The Kier molecular flexibility index (Phi) is 8.96. The molecule has 2 aliphatic rings. The molecule has 5 aromatic rings. The molecular weight excluding hydrogens is 623 g/mol. The number of nitrogens with zero attached hydrogens (tertiary/aromatic N) is 7. The number of piperidine rings is 2. The van der Waals surface area contributed by atoms with Crippen LogP contribution in [0.15, 0.2) is 78.2 Å². The zero-order valence-electron chi connectivity index (χ0n) is 27.0. The number of benzene rings is 1. The summed E-state index contributed by atoms with van der Waals surface area (Å²) in [4.78, 5) is 46.4. The summed E-state index contributed by atoms with van der Waals surface area (Å²) in [5, 5.41) is 13.0. The van der Waals surface area contributed by atoms with Gasteiger partial charge < -0.3 is 14.6 Å². The maximum absolute atomic E-state index is 14.1. The quantitative estimate of drug-likeness (QED) is 0.247. The minimum absolute atomic E-state index is 0.0557. The van der Waals surface area contributed by atoms with Crippen LogP contribution in [0.3, 0.4) is 0 Å². The minimum atomic E-state index is -1.11. The topological polar surface area (TPSA) is 109 Å². The highest BCUT2D eigenvalue weighted by Gasteiger charge is 2.41. The second-order valence-electron chi connectivity index (χ2n) is 13.1. The number of fused-ring (bicyclic) bond motifs is 1. The monoisotopic (exact) mass is 661 g/mol. The number of aromatic nitrogens is 5. The van der Waals surface area contributed by atoms with Crippen molar-refractivity contribution in [2.75, 3.05) is 26.2 Å². The number of aliphatic hydroxyl groups is 1. The molecule has 1 amide bonds. The zero-order chi connectivity index (χ0) is 33.3. The van der Waals surface area contributed by atoms with Crippen LogP contribution < -0.4 is 5.56 Å². The van der Waals surface area contributed by atoms with E-state index in [0.29, 0.717) is 43.5 Å². The van der Waals surface area contributed by atoms with Crippen LogP contribution in [0.2, 0.25) is 0 Å². The van der Waals surface area contributed by atoms with Gasteiger partial charge in [0, 0.05) is 72.7 Å². The van der Waals surface area contributed by atoms with Crippen LogP contribution in [-0.4, -0.2) is 76.7 Å². The lowest BCUT2D eigenvalue weighted by molar-refractivity contribution is -0.142. The number of hydrogen-bond acceptors (Lipinski definition) is 8. The summed E-state index contributed by atoms with van der Waals surface area (Å²) in [5.74, 6) is 2.63. The van der Waals surface area contributed by atoms with E-state index in [1.807, 2.05) is 48.5 Å². The summed E-state index contributed by atoms with van der Waals surface area (Å²) in [5.41, 5.74) is 2.40. The van der Waals surface area contributed by atoms with Crippen molar-refractivity contribution in [3.05, 3.63) is 99.9 Å². The molecule has 2 atom stereocenters. The maximum atomic E-state index is 14.1. The molecule has 10 nitrogen and oxygen atoms in total. The lowest BCUT2D eigenvalue weighted by Gasteiger charge is -2.43. The van der Waals surface area contributed by atoms with Gasteiger partial charge >= 0.3 is 0 Å². The summed E-state index contributed by atoms with van der Waals surface area (Å²) in [6.07, 6.45) is 14.1. The second kappa shape index (κ2) is 13.5. The second-order valence-corrected chi connectivity index (χ2v) is 14.2. The molecule has 2 aliphatic heterocycles. The number of likely N-dealkylation sites (tertiary alicyclic amines) is 2. The zero-order valence-corrected chi connectivity index (χ0v) is 27.9. The molecule has 1 N–H and O–H groups in total. The molecular formula is C37H39N7O3S. The Hall–Kier alpha value is -4.63. The highest BCUT2D eigenvalue weighted by atomic mass is 32.1. The van der Waals surface area contributed by atoms with E-state index >= 15 is 0 Å². The standard InChI is InChI=1S/C37H39N7O3S/c1-3-15-42-17-12-31-33(42)40-25-44(36(31)46)24-37(47)13-18-43(19-14-37)35(45)30-11-16-41(23-32(30)27-7-5-4-6-8-27)22-29-21-39-34(48-29)28-10-9-26(2)38-20-28/h1,4-10,12,17,20-21,25,30,32,47H,11,13-16,18-19,22-24H2,2H3/t30-,32+/m1/s1. The van der Waals surface area contributed by atoms with E-state index in [1.165, 1.54) is 21.3 Å². The third-order valence-corrected chi connectivity index (χ3v) is 10.8. The number of carbonyl (C=O) groups excluding carboxylic acids is 1. The number of pyridine rings is 1. The fraction of sp³-hybridized carbons (Fsp3) is 0.378. The SMILES string of the molecule is C#CCn1ccc2c(=O)n(CC3(O)CCN(C(=O)[C@@H]4CCN(Cc5cnc(-c6ccc(C)nc6)s5)C[C@H]4c4ccccc4)CC3)cnc21. The third kappa shape index (κ3) is 6.56. The van der Waals surface area contributed by atoms with Crippen LogP contribution in [0.5, 0.6) is 0 Å². The van der Waals surface area contributed by atoms with Gasteiger partial charge in [-0.05, 0) is 56.5 Å². The summed E-state index contributed by atoms with van der Waals surface area (Å²) in [6, 6.07) is 16.1. The van der Waals surface area contributed by atoms with Crippen molar-refractivity contribution in [1.82, 2.24) is 33.9 Å². The number of aryl methyl sites for hydroxylation is 1. The molecule has 0 aliphatic carbocycles. The summed E-state index contributed by atoms with van der Waals surface area (Å²) in [7, 11) is 0. The van der Waals surface area contributed by atoms with Crippen molar-refractivity contribution >= 4 is 28.3 Å². The molecule has 48 heavy (non-hydrogen) atoms. The van der Waals surface area contributed by atoms with Gasteiger partial charge in [0.05, 0.1) is 24.1 Å². The number of carbonyl (C=O) groups is 1. The van der Waals surface area contributed by atoms with Gasteiger partial charge in [-0.15, -0.1) is 17.8 Å². The Morgan fingerprint density at radius 3 is 2.60 bits per heavy atom. The summed E-state index contributed by atoms with van der Waals surface area (Å²) in [6.45, 7) is 5.70. The van der Waals surface area contributed by atoms with E-state index in [-0.39, 0.29) is 29.8 Å². The van der Waals surface area contributed by atoms with Crippen molar-refractivity contribution in [2.24, 2.45) is 5.92 Å². The molecule has 11 heteroatoms. The predicted octanol–water partition coefficient (Wildman–Crippen LogP) is 4.32. The fourth-order valence-corrected chi connectivity index (χ4v) is 8.07. The summed E-state index contributed by atoms with van der Waals surface area (Å²) < 4.78 is 3.23. The molecule has 2 fully saturated rings. The molecule has 4 aromatic heterocycles. The van der Waals surface area contributed by atoms with E-state index in [2.05, 4.69) is 44.0 Å². The number of thiazole rings is 1. The van der Waals surface area contributed by atoms with Crippen molar-refractivity contribution in [2.45, 2.75) is 57.3 Å². The minimum Gasteiger partial charge on any atom is -0.388 e. The molecule has 2 saturated heterocycles.